The van der Waals surface area contributed by atoms with Crippen molar-refractivity contribution in [3.63, 3.8) is 0 Å². The Balaban J connectivity index is 0.884. The number of para-hydroxylation sites is 2. The Labute approximate surface area is 255 Å². The fourth-order valence-corrected chi connectivity index (χ4v) is 6.38. The summed E-state index contributed by atoms with van der Waals surface area (Å²) in [6, 6.07) is 25.7. The summed E-state index contributed by atoms with van der Waals surface area (Å²) in [4.78, 5) is 14.4. The number of pyridine rings is 2. The lowest BCUT2D eigenvalue weighted by atomic mass is 10.1. The number of rotatable bonds is 10. The quantitative estimate of drug-likeness (QED) is 0.129. The Morgan fingerprint density at radius 3 is 1.39 bits per heavy atom. The van der Waals surface area contributed by atoms with E-state index in [0.29, 0.717) is 11.0 Å². The maximum atomic E-state index is 13.9. The number of nitrogens with one attached hydrogen (secondary N) is 2. The molecule has 0 saturated carbocycles. The average molecular weight is 591 g/mol. The number of hydrogen-bond acceptors (Lipinski definition) is 6. The monoisotopic (exact) mass is 590 g/mol. The molecule has 0 bridgehead atoms. The fourth-order valence-electron chi connectivity index (χ4n) is 6.38. The summed E-state index contributed by atoms with van der Waals surface area (Å²) in [5.41, 5.74) is 5.16. The smallest absolute Gasteiger partial charge is 0.125 e. The first-order chi connectivity index (χ1) is 21.6. The van der Waals surface area contributed by atoms with Gasteiger partial charge in [-0.1, -0.05) is 36.4 Å². The third-order valence-electron chi connectivity index (χ3n) is 8.66. The van der Waals surface area contributed by atoms with Gasteiger partial charge < -0.3 is 20.4 Å². The summed E-state index contributed by atoms with van der Waals surface area (Å²) >= 11 is 0. The Bertz CT molecular complexity index is 1800. The summed E-state index contributed by atoms with van der Waals surface area (Å²) in [5, 5.41) is 11.3. The zero-order valence-corrected chi connectivity index (χ0v) is 24.7. The molecular formula is C36H36F2N6. The van der Waals surface area contributed by atoms with E-state index in [4.69, 9.17) is 0 Å². The number of hydrogen-bond donors (Lipinski definition) is 2. The lowest BCUT2D eigenvalue weighted by Gasteiger charge is -2.34. The molecule has 1 saturated heterocycles. The number of halogens is 2. The molecule has 44 heavy (non-hydrogen) atoms. The van der Waals surface area contributed by atoms with Crippen LogP contribution in [-0.2, 0) is 0 Å². The second-order valence-corrected chi connectivity index (χ2v) is 11.6. The highest BCUT2D eigenvalue weighted by Crippen LogP contribution is 2.32. The Morgan fingerprint density at radius 2 is 0.932 bits per heavy atom. The van der Waals surface area contributed by atoms with Crippen LogP contribution in [0.2, 0.25) is 0 Å². The van der Waals surface area contributed by atoms with E-state index in [1.807, 2.05) is 48.5 Å². The van der Waals surface area contributed by atoms with Crippen molar-refractivity contribution in [2.24, 2.45) is 0 Å². The molecule has 0 amide bonds. The van der Waals surface area contributed by atoms with Gasteiger partial charge in [-0.25, -0.2) is 18.7 Å². The number of aromatic nitrogens is 2. The predicted molar refractivity (Wildman–Crippen MR) is 178 cm³/mol. The molecule has 2 aromatic heterocycles. The van der Waals surface area contributed by atoms with E-state index < -0.39 is 0 Å². The molecule has 2 N–H and O–H groups in total. The van der Waals surface area contributed by atoms with Crippen LogP contribution in [0, 0.1) is 11.6 Å². The van der Waals surface area contributed by atoms with Gasteiger partial charge in [-0.15, -0.1) is 0 Å². The lowest BCUT2D eigenvalue weighted by molar-refractivity contribution is 0.132. The molecule has 3 heterocycles. The standard InChI is InChI=1S/C36H36F2N6/c37-25-11-13-29-33(23-25)41-31-9-3-1-7-27(31)35(29)39-15-5-17-43-19-21-44(22-20-43)18-6-16-40-36-28-8-2-4-10-32(28)42-34-24-26(38)12-14-30(34)36/h1-4,7-14,23-24H,5-6,15-22H2,(H,39,41)(H,40,42). The zero-order valence-electron chi connectivity index (χ0n) is 24.7. The normalized spacial score (nSPS) is 14.6. The molecule has 0 spiro atoms. The van der Waals surface area contributed by atoms with Crippen molar-refractivity contribution in [2.45, 2.75) is 12.8 Å². The molecule has 1 aliphatic heterocycles. The zero-order chi connectivity index (χ0) is 29.9. The molecule has 1 fully saturated rings. The van der Waals surface area contributed by atoms with Crippen molar-refractivity contribution >= 4 is 55.0 Å². The molecule has 1 aliphatic rings. The summed E-state index contributed by atoms with van der Waals surface area (Å²) in [5.74, 6) is -0.536. The number of fused-ring (bicyclic) bond motifs is 4. The van der Waals surface area contributed by atoms with Crippen molar-refractivity contribution in [3.8, 4) is 0 Å². The van der Waals surface area contributed by atoms with E-state index in [1.165, 1.54) is 24.3 Å². The maximum Gasteiger partial charge on any atom is 0.125 e. The topological polar surface area (TPSA) is 56.3 Å². The maximum absolute atomic E-state index is 13.9. The van der Waals surface area contributed by atoms with Gasteiger partial charge in [-0.2, -0.15) is 0 Å². The van der Waals surface area contributed by atoms with Crippen LogP contribution in [0.5, 0.6) is 0 Å². The molecule has 8 heteroatoms. The summed E-state index contributed by atoms with van der Waals surface area (Å²) in [6.07, 6.45) is 2.06. The highest BCUT2D eigenvalue weighted by atomic mass is 19.1. The highest BCUT2D eigenvalue weighted by Gasteiger charge is 2.17. The van der Waals surface area contributed by atoms with Gasteiger partial charge in [0.2, 0.25) is 0 Å². The van der Waals surface area contributed by atoms with E-state index in [-0.39, 0.29) is 11.6 Å². The number of anilines is 2. The molecule has 6 nitrogen and oxygen atoms in total. The average Bonchev–Trinajstić information content (AvgIpc) is 3.04. The first-order valence-electron chi connectivity index (χ1n) is 15.5. The van der Waals surface area contributed by atoms with E-state index in [2.05, 4.69) is 42.5 Å². The lowest BCUT2D eigenvalue weighted by Crippen LogP contribution is -2.47. The largest absolute Gasteiger partial charge is 0.384 e. The van der Waals surface area contributed by atoms with Gasteiger partial charge in [-0.3, -0.25) is 0 Å². The van der Waals surface area contributed by atoms with Crippen LogP contribution >= 0.6 is 0 Å². The predicted octanol–water partition coefficient (Wildman–Crippen LogP) is 7.29. The molecule has 0 aliphatic carbocycles. The SMILES string of the molecule is Fc1ccc2c(NCCCN3CCN(CCCNc4c5ccccc5nc5cc(F)ccc45)CC3)c3ccccc3nc2c1. The molecule has 0 unspecified atom stereocenters. The molecule has 0 radical (unpaired) electrons. The van der Waals surface area contributed by atoms with Gasteiger partial charge in [0, 0.05) is 72.9 Å². The van der Waals surface area contributed by atoms with Crippen LogP contribution in [0.1, 0.15) is 12.8 Å². The van der Waals surface area contributed by atoms with Crippen LogP contribution in [-0.4, -0.2) is 72.1 Å². The number of piperazine rings is 1. The van der Waals surface area contributed by atoms with Crippen molar-refractivity contribution in [1.82, 2.24) is 19.8 Å². The number of benzene rings is 4. The molecule has 6 aromatic rings. The summed E-state index contributed by atoms with van der Waals surface area (Å²) in [7, 11) is 0. The summed E-state index contributed by atoms with van der Waals surface area (Å²) in [6.45, 7) is 8.05. The second kappa shape index (κ2) is 12.7. The molecule has 4 aromatic carbocycles. The highest BCUT2D eigenvalue weighted by molar-refractivity contribution is 6.08. The van der Waals surface area contributed by atoms with Crippen molar-refractivity contribution in [2.75, 3.05) is 63.0 Å². The van der Waals surface area contributed by atoms with Gasteiger partial charge in [-0.05, 0) is 62.3 Å². The molecular weight excluding hydrogens is 554 g/mol. The van der Waals surface area contributed by atoms with Crippen molar-refractivity contribution < 1.29 is 8.78 Å². The van der Waals surface area contributed by atoms with Crippen molar-refractivity contribution in [1.29, 1.82) is 0 Å². The third kappa shape index (κ3) is 6.00. The molecule has 0 atom stereocenters. The van der Waals surface area contributed by atoms with E-state index >= 15 is 0 Å². The van der Waals surface area contributed by atoms with E-state index in [9.17, 15) is 8.78 Å². The Kier molecular flexibility index (Phi) is 8.18. The molecule has 224 valence electrons. The van der Waals surface area contributed by atoms with Crippen LogP contribution < -0.4 is 10.6 Å². The third-order valence-corrected chi connectivity index (χ3v) is 8.66. The number of nitrogens with zero attached hydrogens (tertiary/aromatic N) is 4. The Morgan fingerprint density at radius 1 is 0.523 bits per heavy atom. The van der Waals surface area contributed by atoms with Gasteiger partial charge in [0.1, 0.15) is 11.6 Å². The van der Waals surface area contributed by atoms with Gasteiger partial charge in [0.15, 0.2) is 0 Å². The van der Waals surface area contributed by atoms with Crippen LogP contribution in [0.3, 0.4) is 0 Å². The molecule has 7 rings (SSSR count). The van der Waals surface area contributed by atoms with Crippen LogP contribution in [0.15, 0.2) is 84.9 Å². The first kappa shape index (κ1) is 28.4. The van der Waals surface area contributed by atoms with Gasteiger partial charge >= 0.3 is 0 Å². The van der Waals surface area contributed by atoms with Gasteiger partial charge in [0.05, 0.1) is 33.4 Å². The van der Waals surface area contributed by atoms with Crippen LogP contribution in [0.4, 0.5) is 20.2 Å². The first-order valence-corrected chi connectivity index (χ1v) is 15.5. The fraction of sp³-hybridized carbons (Fsp3) is 0.278. The van der Waals surface area contributed by atoms with Crippen LogP contribution in [0.25, 0.3) is 43.6 Å². The minimum Gasteiger partial charge on any atom is -0.384 e. The van der Waals surface area contributed by atoms with Gasteiger partial charge in [0.25, 0.3) is 0 Å². The minimum absolute atomic E-state index is 0.268. The minimum atomic E-state index is -0.268. The second-order valence-electron chi connectivity index (χ2n) is 11.6. The summed E-state index contributed by atoms with van der Waals surface area (Å²) < 4.78 is 27.8. The van der Waals surface area contributed by atoms with E-state index in [0.717, 1.165) is 109 Å². The van der Waals surface area contributed by atoms with Crippen molar-refractivity contribution in [3.05, 3.63) is 96.6 Å². The van der Waals surface area contributed by atoms with E-state index in [1.54, 1.807) is 0 Å². The Hall–Kier alpha value is -4.40.